The van der Waals surface area contributed by atoms with E-state index in [1.807, 2.05) is 12.1 Å². The summed E-state index contributed by atoms with van der Waals surface area (Å²) in [6, 6.07) is 14.8. The highest BCUT2D eigenvalue weighted by molar-refractivity contribution is 5.99. The van der Waals surface area contributed by atoms with Crippen LogP contribution < -0.4 is 15.6 Å². The number of hydrazine groups is 1. The monoisotopic (exact) mass is 322 g/mol. The van der Waals surface area contributed by atoms with Crippen LogP contribution in [-0.4, -0.2) is 37.1 Å². The van der Waals surface area contributed by atoms with E-state index < -0.39 is 0 Å². The van der Waals surface area contributed by atoms with Gasteiger partial charge in [-0.3, -0.25) is 4.79 Å². The fourth-order valence-corrected chi connectivity index (χ4v) is 3.31. The molecule has 2 aliphatic heterocycles. The molecule has 2 N–H and O–H groups in total. The molecule has 2 heterocycles. The van der Waals surface area contributed by atoms with Crippen molar-refractivity contribution in [3.8, 4) is 0 Å². The molecule has 5 nitrogen and oxygen atoms in total. The lowest BCUT2D eigenvalue weighted by Gasteiger charge is -2.36. The van der Waals surface area contributed by atoms with Gasteiger partial charge in [-0.1, -0.05) is 17.7 Å². The van der Waals surface area contributed by atoms with Crippen LogP contribution in [0.1, 0.15) is 11.1 Å². The summed E-state index contributed by atoms with van der Waals surface area (Å²) in [6.45, 7) is 6.04. The van der Waals surface area contributed by atoms with Gasteiger partial charge in [-0.15, -0.1) is 0 Å². The van der Waals surface area contributed by atoms with E-state index in [0.717, 1.165) is 43.1 Å². The first-order valence-corrected chi connectivity index (χ1v) is 8.43. The molecule has 0 atom stereocenters. The Balaban J connectivity index is 1.36. The molecule has 0 unspecified atom stereocenters. The molecule has 1 fully saturated rings. The van der Waals surface area contributed by atoms with Gasteiger partial charge >= 0.3 is 0 Å². The standard InChI is InChI=1S/C19H22N4O/c1-14-2-5-17(6-3-14)22-8-10-23(11-9-22)21-16-4-7-18-15(12-16)13-19(24)20-18/h2-7,12,21H,8-11,13H2,1H3,(H,20,24). The van der Waals surface area contributed by atoms with E-state index in [4.69, 9.17) is 0 Å². The molecule has 0 spiro atoms. The zero-order valence-corrected chi connectivity index (χ0v) is 13.9. The van der Waals surface area contributed by atoms with Gasteiger partial charge in [0.05, 0.1) is 6.42 Å². The SMILES string of the molecule is Cc1ccc(N2CCN(Nc3ccc4c(c3)CC(=O)N4)CC2)cc1. The Bertz CT molecular complexity index is 748. The van der Waals surface area contributed by atoms with Crippen molar-refractivity contribution in [1.29, 1.82) is 0 Å². The first kappa shape index (κ1) is 15.0. The summed E-state index contributed by atoms with van der Waals surface area (Å²) >= 11 is 0. The maximum Gasteiger partial charge on any atom is 0.228 e. The highest BCUT2D eigenvalue weighted by Gasteiger charge is 2.20. The van der Waals surface area contributed by atoms with Gasteiger partial charge in [0, 0.05) is 43.2 Å². The fourth-order valence-electron chi connectivity index (χ4n) is 3.31. The summed E-state index contributed by atoms with van der Waals surface area (Å²) in [5.41, 5.74) is 9.13. The van der Waals surface area contributed by atoms with E-state index in [1.165, 1.54) is 11.3 Å². The van der Waals surface area contributed by atoms with Crippen LogP contribution in [-0.2, 0) is 11.2 Å². The minimum Gasteiger partial charge on any atom is -0.369 e. The largest absolute Gasteiger partial charge is 0.369 e. The van der Waals surface area contributed by atoms with Crippen LogP contribution in [0.4, 0.5) is 17.1 Å². The van der Waals surface area contributed by atoms with Crippen molar-refractivity contribution in [1.82, 2.24) is 5.01 Å². The topological polar surface area (TPSA) is 47.6 Å². The first-order chi connectivity index (χ1) is 11.7. The third-order valence-electron chi connectivity index (χ3n) is 4.70. The number of aryl methyl sites for hydroxylation is 1. The van der Waals surface area contributed by atoms with E-state index in [9.17, 15) is 4.79 Å². The molecule has 2 aromatic rings. The van der Waals surface area contributed by atoms with Crippen molar-refractivity contribution in [2.24, 2.45) is 0 Å². The Labute approximate surface area is 142 Å². The Morgan fingerprint density at radius 1 is 1.00 bits per heavy atom. The minimum atomic E-state index is 0.0777. The highest BCUT2D eigenvalue weighted by atomic mass is 16.1. The molecule has 0 aliphatic carbocycles. The average Bonchev–Trinajstić information content (AvgIpc) is 2.96. The summed E-state index contributed by atoms with van der Waals surface area (Å²) in [4.78, 5) is 13.9. The molecule has 2 aromatic carbocycles. The lowest BCUT2D eigenvalue weighted by molar-refractivity contribution is -0.115. The smallest absolute Gasteiger partial charge is 0.228 e. The molecule has 0 saturated carbocycles. The number of anilines is 3. The Morgan fingerprint density at radius 3 is 2.50 bits per heavy atom. The van der Waals surface area contributed by atoms with Crippen LogP contribution in [0.25, 0.3) is 0 Å². The number of rotatable bonds is 3. The summed E-state index contributed by atoms with van der Waals surface area (Å²) in [5.74, 6) is 0.0777. The van der Waals surface area contributed by atoms with Crippen LogP contribution in [0.5, 0.6) is 0 Å². The molecular weight excluding hydrogens is 300 g/mol. The number of carbonyl (C=O) groups excluding carboxylic acids is 1. The van der Waals surface area contributed by atoms with Crippen LogP contribution in [0.2, 0.25) is 0 Å². The van der Waals surface area contributed by atoms with Crippen molar-refractivity contribution >= 4 is 23.0 Å². The fraction of sp³-hybridized carbons (Fsp3) is 0.316. The number of nitrogens with zero attached hydrogens (tertiary/aromatic N) is 2. The van der Waals surface area contributed by atoms with Gasteiger partial charge in [0.25, 0.3) is 0 Å². The maximum atomic E-state index is 11.4. The molecule has 0 aromatic heterocycles. The van der Waals surface area contributed by atoms with Gasteiger partial charge in [0.1, 0.15) is 0 Å². The zero-order chi connectivity index (χ0) is 16.5. The summed E-state index contributed by atoms with van der Waals surface area (Å²) in [6.07, 6.45) is 0.478. The van der Waals surface area contributed by atoms with Crippen molar-refractivity contribution < 1.29 is 4.79 Å². The van der Waals surface area contributed by atoms with Crippen molar-refractivity contribution in [2.45, 2.75) is 13.3 Å². The van der Waals surface area contributed by atoms with Gasteiger partial charge in [-0.2, -0.15) is 0 Å². The number of hydrogen-bond donors (Lipinski definition) is 2. The predicted molar refractivity (Wildman–Crippen MR) is 97.4 cm³/mol. The lowest BCUT2D eigenvalue weighted by atomic mass is 10.1. The number of benzene rings is 2. The maximum absolute atomic E-state index is 11.4. The van der Waals surface area contributed by atoms with Crippen LogP contribution >= 0.6 is 0 Å². The van der Waals surface area contributed by atoms with E-state index in [2.05, 4.69) is 57.9 Å². The Hall–Kier alpha value is -2.53. The van der Waals surface area contributed by atoms with Gasteiger partial charge in [0.15, 0.2) is 0 Å². The summed E-state index contributed by atoms with van der Waals surface area (Å²) in [5, 5.41) is 5.12. The van der Waals surface area contributed by atoms with E-state index in [0.29, 0.717) is 6.42 Å². The molecule has 1 saturated heterocycles. The van der Waals surface area contributed by atoms with Gasteiger partial charge < -0.3 is 15.6 Å². The van der Waals surface area contributed by atoms with Crippen molar-refractivity contribution in [3.63, 3.8) is 0 Å². The van der Waals surface area contributed by atoms with Crippen LogP contribution in [0, 0.1) is 6.92 Å². The number of fused-ring (bicyclic) bond motifs is 1. The molecule has 0 bridgehead atoms. The van der Waals surface area contributed by atoms with E-state index >= 15 is 0 Å². The normalized spacial score (nSPS) is 17.5. The summed E-state index contributed by atoms with van der Waals surface area (Å²) < 4.78 is 0. The molecule has 124 valence electrons. The quantitative estimate of drug-likeness (QED) is 0.912. The average molecular weight is 322 g/mol. The van der Waals surface area contributed by atoms with Crippen molar-refractivity contribution in [2.75, 3.05) is 41.8 Å². The van der Waals surface area contributed by atoms with E-state index in [-0.39, 0.29) is 5.91 Å². The lowest BCUT2D eigenvalue weighted by Crippen LogP contribution is -2.48. The van der Waals surface area contributed by atoms with Crippen LogP contribution in [0.3, 0.4) is 0 Å². The molecule has 2 aliphatic rings. The number of amides is 1. The van der Waals surface area contributed by atoms with E-state index in [1.54, 1.807) is 0 Å². The first-order valence-electron chi connectivity index (χ1n) is 8.43. The number of carbonyl (C=O) groups is 1. The number of hydrogen-bond acceptors (Lipinski definition) is 4. The molecule has 24 heavy (non-hydrogen) atoms. The molecule has 5 heteroatoms. The third-order valence-corrected chi connectivity index (χ3v) is 4.70. The number of piperazine rings is 1. The van der Waals surface area contributed by atoms with Gasteiger partial charge in [-0.25, -0.2) is 5.01 Å². The molecule has 1 amide bonds. The van der Waals surface area contributed by atoms with Crippen LogP contribution in [0.15, 0.2) is 42.5 Å². The zero-order valence-electron chi connectivity index (χ0n) is 13.9. The number of nitrogens with one attached hydrogen (secondary N) is 2. The summed E-state index contributed by atoms with van der Waals surface area (Å²) in [7, 11) is 0. The van der Waals surface area contributed by atoms with Gasteiger partial charge in [-0.05, 0) is 42.8 Å². The predicted octanol–water partition coefficient (Wildman–Crippen LogP) is 2.64. The Morgan fingerprint density at radius 2 is 1.75 bits per heavy atom. The second kappa shape index (κ2) is 6.17. The molecular formula is C19H22N4O. The molecule has 0 radical (unpaired) electrons. The van der Waals surface area contributed by atoms with Crippen molar-refractivity contribution in [3.05, 3.63) is 53.6 Å². The second-order valence-electron chi connectivity index (χ2n) is 6.52. The second-order valence-corrected chi connectivity index (χ2v) is 6.52. The molecule has 4 rings (SSSR count). The minimum absolute atomic E-state index is 0.0777. The highest BCUT2D eigenvalue weighted by Crippen LogP contribution is 2.26. The third kappa shape index (κ3) is 3.08. The van der Waals surface area contributed by atoms with Gasteiger partial charge in [0.2, 0.25) is 5.91 Å². The Kier molecular flexibility index (Phi) is 3.86.